The van der Waals surface area contributed by atoms with Crippen LogP contribution in [0.4, 0.5) is 8.78 Å². The van der Waals surface area contributed by atoms with Gasteiger partial charge in [-0.1, -0.05) is 11.6 Å². The van der Waals surface area contributed by atoms with Crippen molar-refractivity contribution >= 4 is 17.8 Å². The molecule has 0 saturated carbocycles. The molecule has 0 aliphatic rings. The van der Waals surface area contributed by atoms with Gasteiger partial charge in [-0.25, -0.2) is 8.78 Å². The van der Waals surface area contributed by atoms with E-state index in [2.05, 4.69) is 4.99 Å². The molecule has 6 heteroatoms. The largest absolute Gasteiger partial charge is 0.354 e. The highest BCUT2D eigenvalue weighted by atomic mass is 35.5. The minimum Gasteiger partial charge on any atom is -0.354 e. The Morgan fingerprint density at radius 1 is 1.35 bits per heavy atom. The molecule has 0 N–H and O–H groups in total. The lowest BCUT2D eigenvalue weighted by Crippen LogP contribution is -2.16. The maximum absolute atomic E-state index is 13.3. The summed E-state index contributed by atoms with van der Waals surface area (Å²) in [4.78, 5) is 3.89. The standard InChI is InChI=1S/C11H12ClF2NO2/c1-16-10(17-2)6-15-5-7-3-8(12)4-9(13)11(7)14/h3-5,10H,6H2,1-2H3/b15-5-. The minimum absolute atomic E-state index is 0.0130. The Morgan fingerprint density at radius 3 is 2.59 bits per heavy atom. The predicted molar refractivity (Wildman–Crippen MR) is 61.6 cm³/mol. The Balaban J connectivity index is 2.77. The van der Waals surface area contributed by atoms with Crippen LogP contribution in [-0.2, 0) is 9.47 Å². The molecule has 94 valence electrons. The molecule has 1 rings (SSSR count). The van der Waals surface area contributed by atoms with Gasteiger partial charge < -0.3 is 9.47 Å². The number of halogens is 3. The monoisotopic (exact) mass is 263 g/mol. The van der Waals surface area contributed by atoms with Gasteiger partial charge in [-0.3, -0.25) is 4.99 Å². The molecular formula is C11H12ClF2NO2. The molecule has 0 aliphatic heterocycles. The van der Waals surface area contributed by atoms with Gasteiger partial charge in [0.05, 0.1) is 6.54 Å². The van der Waals surface area contributed by atoms with E-state index in [9.17, 15) is 8.78 Å². The molecule has 0 atom stereocenters. The van der Waals surface area contributed by atoms with E-state index >= 15 is 0 Å². The molecule has 3 nitrogen and oxygen atoms in total. The van der Waals surface area contributed by atoms with Crippen LogP contribution in [0.5, 0.6) is 0 Å². The molecule has 0 aromatic heterocycles. The van der Waals surface area contributed by atoms with Crippen LogP contribution >= 0.6 is 11.6 Å². The van der Waals surface area contributed by atoms with Crippen LogP contribution in [0.1, 0.15) is 5.56 Å². The van der Waals surface area contributed by atoms with Gasteiger partial charge in [0.1, 0.15) is 0 Å². The lowest BCUT2D eigenvalue weighted by Gasteiger charge is -2.09. The maximum atomic E-state index is 13.3. The normalized spacial score (nSPS) is 11.6. The number of aliphatic imine (C=N–C) groups is 1. The fraction of sp³-hybridized carbons (Fsp3) is 0.364. The van der Waals surface area contributed by atoms with Crippen LogP contribution in [-0.4, -0.2) is 33.3 Å². The van der Waals surface area contributed by atoms with E-state index < -0.39 is 17.9 Å². The topological polar surface area (TPSA) is 30.8 Å². The Bertz CT molecular complexity index is 409. The van der Waals surface area contributed by atoms with Gasteiger partial charge in [-0.05, 0) is 12.1 Å². The van der Waals surface area contributed by atoms with Gasteiger partial charge in [0.25, 0.3) is 0 Å². The van der Waals surface area contributed by atoms with E-state index in [0.29, 0.717) is 0 Å². The van der Waals surface area contributed by atoms with Gasteiger partial charge in [0.2, 0.25) is 0 Å². The predicted octanol–water partition coefficient (Wildman–Crippen LogP) is 2.66. The third-order valence-electron chi connectivity index (χ3n) is 2.03. The summed E-state index contributed by atoms with van der Waals surface area (Å²) in [6.45, 7) is 0.181. The average molecular weight is 264 g/mol. The third-order valence-corrected chi connectivity index (χ3v) is 2.25. The summed E-state index contributed by atoms with van der Waals surface area (Å²) in [6, 6.07) is 2.19. The van der Waals surface area contributed by atoms with Crippen LogP contribution in [0.3, 0.4) is 0 Å². The highest BCUT2D eigenvalue weighted by Crippen LogP contribution is 2.17. The molecule has 0 radical (unpaired) electrons. The number of methoxy groups -OCH3 is 2. The van der Waals surface area contributed by atoms with E-state index in [0.717, 1.165) is 6.07 Å². The Morgan fingerprint density at radius 2 is 2.00 bits per heavy atom. The fourth-order valence-corrected chi connectivity index (χ4v) is 1.37. The number of benzene rings is 1. The van der Waals surface area contributed by atoms with Gasteiger partial charge in [0, 0.05) is 31.0 Å². The van der Waals surface area contributed by atoms with Crippen LogP contribution in [0.15, 0.2) is 17.1 Å². The number of ether oxygens (including phenoxy) is 2. The SMILES string of the molecule is COC(C/N=C\c1cc(Cl)cc(F)c1F)OC. The first-order valence-corrected chi connectivity index (χ1v) is 5.16. The minimum atomic E-state index is -1.01. The molecule has 1 aromatic rings. The number of nitrogens with zero attached hydrogens (tertiary/aromatic N) is 1. The Hall–Kier alpha value is -1.04. The van der Waals surface area contributed by atoms with Gasteiger partial charge >= 0.3 is 0 Å². The summed E-state index contributed by atoms with van der Waals surface area (Å²) in [7, 11) is 2.92. The van der Waals surface area contributed by atoms with Crippen LogP contribution in [0.2, 0.25) is 5.02 Å². The second-order valence-corrected chi connectivity index (χ2v) is 3.62. The van der Waals surface area contributed by atoms with Gasteiger partial charge in [-0.15, -0.1) is 0 Å². The van der Waals surface area contributed by atoms with E-state index in [-0.39, 0.29) is 17.1 Å². The summed E-state index contributed by atoms with van der Waals surface area (Å²) < 4.78 is 36.0. The van der Waals surface area contributed by atoms with Crippen molar-refractivity contribution in [2.24, 2.45) is 4.99 Å². The van der Waals surface area contributed by atoms with Gasteiger partial charge in [-0.2, -0.15) is 0 Å². The molecule has 0 saturated heterocycles. The summed E-state index contributed by atoms with van der Waals surface area (Å²) in [6.07, 6.45) is 0.674. The Labute approximate surface area is 103 Å². The van der Waals surface area contributed by atoms with Gasteiger partial charge in [0.15, 0.2) is 17.9 Å². The van der Waals surface area contributed by atoms with E-state index in [1.54, 1.807) is 0 Å². The first-order valence-electron chi connectivity index (χ1n) is 4.78. The molecule has 0 bridgehead atoms. The van der Waals surface area contributed by atoms with Crippen LogP contribution in [0.25, 0.3) is 0 Å². The van der Waals surface area contributed by atoms with Crippen molar-refractivity contribution < 1.29 is 18.3 Å². The van der Waals surface area contributed by atoms with Crippen molar-refractivity contribution in [2.45, 2.75) is 6.29 Å². The molecule has 0 fully saturated rings. The smallest absolute Gasteiger partial charge is 0.176 e. The van der Waals surface area contributed by atoms with Crippen molar-refractivity contribution in [1.82, 2.24) is 0 Å². The molecule has 0 spiro atoms. The first-order chi connectivity index (χ1) is 8.08. The number of hydrogen-bond donors (Lipinski definition) is 0. The van der Waals surface area contributed by atoms with Crippen molar-refractivity contribution in [1.29, 1.82) is 0 Å². The summed E-state index contributed by atoms with van der Waals surface area (Å²) >= 11 is 5.60. The summed E-state index contributed by atoms with van der Waals surface area (Å²) in [5, 5.41) is 0.111. The summed E-state index contributed by atoms with van der Waals surface area (Å²) in [5.41, 5.74) is -0.0130. The fourth-order valence-electron chi connectivity index (χ4n) is 1.15. The van der Waals surface area contributed by atoms with Crippen molar-refractivity contribution in [3.63, 3.8) is 0 Å². The second kappa shape index (κ2) is 6.64. The Kier molecular flexibility index (Phi) is 5.47. The van der Waals surface area contributed by atoms with E-state index in [4.69, 9.17) is 21.1 Å². The molecule has 1 aromatic carbocycles. The molecule has 0 aliphatic carbocycles. The zero-order valence-electron chi connectivity index (χ0n) is 9.41. The second-order valence-electron chi connectivity index (χ2n) is 3.19. The number of rotatable bonds is 5. The highest BCUT2D eigenvalue weighted by molar-refractivity contribution is 6.30. The molecule has 0 unspecified atom stereocenters. The van der Waals surface area contributed by atoms with E-state index in [1.807, 2.05) is 0 Å². The van der Waals surface area contributed by atoms with Crippen molar-refractivity contribution in [2.75, 3.05) is 20.8 Å². The zero-order chi connectivity index (χ0) is 12.8. The van der Waals surface area contributed by atoms with Crippen molar-refractivity contribution in [3.05, 3.63) is 34.4 Å². The average Bonchev–Trinajstić information content (AvgIpc) is 2.30. The molecule has 17 heavy (non-hydrogen) atoms. The quantitative estimate of drug-likeness (QED) is 0.465. The lowest BCUT2D eigenvalue weighted by atomic mass is 10.2. The first kappa shape index (κ1) is 14.0. The maximum Gasteiger partial charge on any atom is 0.176 e. The van der Waals surface area contributed by atoms with E-state index in [1.165, 1.54) is 26.5 Å². The molecular weight excluding hydrogens is 252 g/mol. The van der Waals surface area contributed by atoms with Crippen LogP contribution < -0.4 is 0 Å². The van der Waals surface area contributed by atoms with Crippen molar-refractivity contribution in [3.8, 4) is 0 Å². The zero-order valence-corrected chi connectivity index (χ0v) is 10.2. The highest BCUT2D eigenvalue weighted by Gasteiger charge is 2.08. The number of hydrogen-bond acceptors (Lipinski definition) is 3. The molecule has 0 heterocycles. The summed E-state index contributed by atoms with van der Waals surface area (Å²) in [5.74, 6) is -1.99. The molecule has 0 amide bonds. The third kappa shape index (κ3) is 4.03. The lowest BCUT2D eigenvalue weighted by molar-refractivity contribution is -0.0936. The van der Waals surface area contributed by atoms with Crippen LogP contribution in [0, 0.1) is 11.6 Å².